The number of rotatable bonds is 2. The molecule has 0 saturated carbocycles. The minimum Gasteiger partial charge on any atom is -0.287 e. The summed E-state index contributed by atoms with van der Waals surface area (Å²) >= 11 is 0. The van der Waals surface area contributed by atoms with Crippen LogP contribution < -0.4 is 5.43 Å². The molecule has 0 aliphatic carbocycles. The quantitative estimate of drug-likeness (QED) is 0.898. The van der Waals surface area contributed by atoms with Gasteiger partial charge >= 0.3 is 6.18 Å². The van der Waals surface area contributed by atoms with E-state index in [1.165, 1.54) is 6.07 Å². The molecule has 1 aliphatic heterocycles. The van der Waals surface area contributed by atoms with Crippen LogP contribution in [0.4, 0.5) is 13.2 Å². The van der Waals surface area contributed by atoms with Gasteiger partial charge in [-0.15, -0.1) is 0 Å². The number of carbonyl (C=O) groups excluding carboxylic acids is 1. The molecule has 1 N–H and O–H groups in total. The summed E-state index contributed by atoms with van der Waals surface area (Å²) in [6.45, 7) is 3.14. The molecule has 1 amide bonds. The van der Waals surface area contributed by atoms with Crippen LogP contribution >= 0.6 is 0 Å². The molecule has 130 valence electrons. The molecule has 1 heterocycles. The van der Waals surface area contributed by atoms with Crippen molar-refractivity contribution in [2.24, 2.45) is 0 Å². The lowest BCUT2D eigenvalue weighted by molar-refractivity contribution is -0.203. The van der Waals surface area contributed by atoms with E-state index in [1.807, 2.05) is 6.07 Å². The number of halogens is 3. The van der Waals surface area contributed by atoms with Crippen molar-refractivity contribution < 1.29 is 18.0 Å². The molecule has 4 nitrogen and oxygen atoms in total. The van der Waals surface area contributed by atoms with Crippen molar-refractivity contribution in [1.29, 1.82) is 5.26 Å². The maximum atomic E-state index is 14.1. The number of hydrogen-bond donors (Lipinski definition) is 1. The second-order valence-electron chi connectivity index (χ2n) is 6.70. The van der Waals surface area contributed by atoms with Crippen LogP contribution in [0.25, 0.3) is 10.8 Å². The first kappa shape index (κ1) is 17.2. The number of hydrogen-bond acceptors (Lipinski definition) is 3. The van der Waals surface area contributed by atoms with Gasteiger partial charge in [0.25, 0.3) is 0 Å². The van der Waals surface area contributed by atoms with Crippen LogP contribution in [0.1, 0.15) is 37.4 Å². The van der Waals surface area contributed by atoms with Crippen LogP contribution in [0.2, 0.25) is 0 Å². The Morgan fingerprint density at radius 3 is 2.48 bits per heavy atom. The Balaban J connectivity index is 2.31. The molecule has 1 unspecified atom stereocenters. The van der Waals surface area contributed by atoms with Crippen molar-refractivity contribution >= 4 is 16.7 Å². The molecule has 0 spiro atoms. The summed E-state index contributed by atoms with van der Waals surface area (Å²) in [6.07, 6.45) is -4.73. The summed E-state index contributed by atoms with van der Waals surface area (Å²) < 4.78 is 42.2. The molecular weight excluding hydrogens is 331 g/mol. The molecule has 0 bridgehead atoms. The van der Waals surface area contributed by atoms with E-state index < -0.39 is 23.7 Å². The van der Waals surface area contributed by atoms with E-state index in [4.69, 9.17) is 0 Å². The van der Waals surface area contributed by atoms with Crippen LogP contribution in [0.15, 0.2) is 36.4 Å². The highest BCUT2D eigenvalue weighted by Crippen LogP contribution is 2.45. The number of carbonyl (C=O) groups is 1. The number of hydrazine groups is 1. The van der Waals surface area contributed by atoms with Crippen LogP contribution in [-0.2, 0) is 4.79 Å². The Labute approximate surface area is 142 Å². The molecule has 0 aromatic heterocycles. The summed E-state index contributed by atoms with van der Waals surface area (Å²) in [5.41, 5.74) is 1.10. The summed E-state index contributed by atoms with van der Waals surface area (Å²) in [5.74, 6) is -0.474. The number of fused-ring (bicyclic) bond motifs is 1. The lowest BCUT2D eigenvalue weighted by atomic mass is 9.90. The van der Waals surface area contributed by atoms with E-state index in [9.17, 15) is 23.2 Å². The zero-order valence-corrected chi connectivity index (χ0v) is 13.7. The average molecular weight is 347 g/mol. The average Bonchev–Trinajstić information content (AvgIpc) is 2.78. The number of benzene rings is 2. The maximum absolute atomic E-state index is 14.1. The Morgan fingerprint density at radius 2 is 1.92 bits per heavy atom. The van der Waals surface area contributed by atoms with Crippen LogP contribution in [0, 0.1) is 11.3 Å². The first-order chi connectivity index (χ1) is 11.6. The molecule has 1 atom stereocenters. The minimum atomic E-state index is -4.68. The third-order valence-corrected chi connectivity index (χ3v) is 4.42. The predicted octanol–water partition coefficient (Wildman–Crippen LogP) is 3.83. The Kier molecular flexibility index (Phi) is 3.96. The van der Waals surface area contributed by atoms with Gasteiger partial charge in [-0.05, 0) is 30.7 Å². The molecular formula is C18H16F3N3O. The molecule has 1 fully saturated rings. The number of nitrogens with one attached hydrogen (secondary N) is 1. The summed E-state index contributed by atoms with van der Waals surface area (Å²) in [6, 6.07) is 9.38. The molecule has 2 aromatic carbocycles. The molecule has 0 radical (unpaired) electrons. The van der Waals surface area contributed by atoms with Gasteiger partial charge in [0.1, 0.15) is 0 Å². The number of alkyl halides is 3. The van der Waals surface area contributed by atoms with E-state index in [0.717, 1.165) is 5.01 Å². The third kappa shape index (κ3) is 2.94. The van der Waals surface area contributed by atoms with Gasteiger partial charge in [-0.2, -0.15) is 23.4 Å². The highest BCUT2D eigenvalue weighted by Gasteiger charge is 2.54. The smallest absolute Gasteiger partial charge is 0.287 e. The number of nitrogens with zero attached hydrogens (tertiary/aromatic N) is 2. The van der Waals surface area contributed by atoms with Crippen LogP contribution in [0.3, 0.4) is 0 Å². The molecule has 2 aromatic rings. The monoisotopic (exact) mass is 347 g/mol. The largest absolute Gasteiger partial charge is 0.409 e. The predicted molar refractivity (Wildman–Crippen MR) is 86.1 cm³/mol. The maximum Gasteiger partial charge on any atom is 0.409 e. The van der Waals surface area contributed by atoms with Crippen molar-refractivity contribution in [1.82, 2.24) is 10.4 Å². The topological polar surface area (TPSA) is 56.1 Å². The zero-order chi connectivity index (χ0) is 18.4. The molecule has 25 heavy (non-hydrogen) atoms. The van der Waals surface area contributed by atoms with Gasteiger partial charge in [0.15, 0.2) is 6.04 Å². The SMILES string of the molecule is CC1(C)CC(=O)NN1C(c1c(C#N)ccc2ccccc12)C(F)(F)F. The first-order valence-electron chi connectivity index (χ1n) is 7.72. The second kappa shape index (κ2) is 5.74. The van der Waals surface area contributed by atoms with Crippen LogP contribution in [-0.4, -0.2) is 22.6 Å². The van der Waals surface area contributed by atoms with E-state index in [0.29, 0.717) is 10.8 Å². The van der Waals surface area contributed by atoms with Crippen molar-refractivity contribution in [3.63, 3.8) is 0 Å². The highest BCUT2D eigenvalue weighted by atomic mass is 19.4. The molecule has 1 aliphatic rings. The van der Waals surface area contributed by atoms with Crippen LogP contribution in [0.5, 0.6) is 0 Å². The standard InChI is InChI=1S/C18H16F3N3O/c1-17(2)9-14(25)23-24(17)16(18(19,20)21)15-12(10-22)8-7-11-5-3-4-6-13(11)15/h3-8,16H,9H2,1-2H3,(H,23,25). The minimum absolute atomic E-state index is 0.0494. The Morgan fingerprint density at radius 1 is 1.24 bits per heavy atom. The van der Waals surface area contributed by atoms with E-state index >= 15 is 0 Å². The summed E-state index contributed by atoms with van der Waals surface area (Å²) in [4.78, 5) is 11.8. The summed E-state index contributed by atoms with van der Waals surface area (Å²) in [5, 5.41) is 11.3. The van der Waals surface area contributed by atoms with E-state index in [2.05, 4.69) is 5.43 Å². The molecule has 3 rings (SSSR count). The normalized spacial score (nSPS) is 18.8. The number of nitriles is 1. The van der Waals surface area contributed by atoms with Gasteiger partial charge < -0.3 is 0 Å². The van der Waals surface area contributed by atoms with Crippen molar-refractivity contribution in [3.8, 4) is 6.07 Å². The van der Waals surface area contributed by atoms with Gasteiger partial charge in [-0.3, -0.25) is 10.2 Å². The fourth-order valence-electron chi connectivity index (χ4n) is 3.34. The van der Waals surface area contributed by atoms with Gasteiger partial charge in [0, 0.05) is 17.5 Å². The number of amides is 1. The van der Waals surface area contributed by atoms with E-state index in [1.54, 1.807) is 44.2 Å². The van der Waals surface area contributed by atoms with Gasteiger partial charge in [-0.25, -0.2) is 0 Å². The van der Waals surface area contributed by atoms with Crippen molar-refractivity contribution in [2.45, 2.75) is 38.0 Å². The highest BCUT2D eigenvalue weighted by molar-refractivity contribution is 5.88. The lowest BCUT2D eigenvalue weighted by Gasteiger charge is -2.38. The Hall–Kier alpha value is -2.59. The zero-order valence-electron chi connectivity index (χ0n) is 13.7. The fourth-order valence-corrected chi connectivity index (χ4v) is 3.34. The van der Waals surface area contributed by atoms with Gasteiger partial charge in [0.05, 0.1) is 11.6 Å². The van der Waals surface area contributed by atoms with Gasteiger partial charge in [-0.1, -0.05) is 30.3 Å². The second-order valence-corrected chi connectivity index (χ2v) is 6.70. The Bertz CT molecular complexity index is 883. The lowest BCUT2D eigenvalue weighted by Crippen LogP contribution is -2.51. The van der Waals surface area contributed by atoms with Gasteiger partial charge in [0.2, 0.25) is 5.91 Å². The summed E-state index contributed by atoms with van der Waals surface area (Å²) in [7, 11) is 0. The van der Waals surface area contributed by atoms with Crippen molar-refractivity contribution in [2.75, 3.05) is 0 Å². The van der Waals surface area contributed by atoms with E-state index in [-0.39, 0.29) is 17.5 Å². The van der Waals surface area contributed by atoms with Crippen molar-refractivity contribution in [3.05, 3.63) is 47.5 Å². The first-order valence-corrected chi connectivity index (χ1v) is 7.72. The molecule has 7 heteroatoms. The molecule has 1 saturated heterocycles. The fraction of sp³-hybridized carbons (Fsp3) is 0.333. The third-order valence-electron chi connectivity index (χ3n) is 4.42.